The fourth-order valence-electron chi connectivity index (χ4n) is 2.59. The second-order valence-corrected chi connectivity index (χ2v) is 4.88. The highest BCUT2D eigenvalue weighted by Crippen LogP contribution is 2.37. The van der Waals surface area contributed by atoms with E-state index in [0.29, 0.717) is 13.2 Å². The molecule has 0 unspecified atom stereocenters. The van der Waals surface area contributed by atoms with Crippen LogP contribution in [0.1, 0.15) is 45.4 Å². The van der Waals surface area contributed by atoms with E-state index in [2.05, 4.69) is 0 Å². The van der Waals surface area contributed by atoms with Crippen LogP contribution in [-0.4, -0.2) is 31.1 Å². The van der Waals surface area contributed by atoms with Crippen LogP contribution in [0.5, 0.6) is 0 Å². The Balaban J connectivity index is 1.88. The van der Waals surface area contributed by atoms with Crippen molar-refractivity contribution in [2.24, 2.45) is 0 Å². The van der Waals surface area contributed by atoms with Crippen LogP contribution < -0.4 is 0 Å². The fourth-order valence-corrected chi connectivity index (χ4v) is 2.59. The molecule has 1 aliphatic heterocycles. The summed E-state index contributed by atoms with van der Waals surface area (Å²) in [5, 5.41) is 0. The monoisotopic (exact) mass is 254 g/mol. The smallest absolute Gasteiger partial charge is 0.330 e. The molecule has 0 bridgehead atoms. The van der Waals surface area contributed by atoms with Crippen LogP contribution in [0.25, 0.3) is 0 Å². The maximum Gasteiger partial charge on any atom is 0.330 e. The number of hydrogen-bond donors (Lipinski definition) is 0. The van der Waals surface area contributed by atoms with Crippen molar-refractivity contribution in [1.29, 1.82) is 0 Å². The number of ether oxygens (including phenoxy) is 3. The molecule has 18 heavy (non-hydrogen) atoms. The minimum atomic E-state index is -0.389. The zero-order valence-electron chi connectivity index (χ0n) is 11.0. The highest BCUT2D eigenvalue weighted by Gasteiger charge is 2.38. The third-order valence-corrected chi connectivity index (χ3v) is 3.48. The largest absolute Gasteiger partial charge is 0.463 e. The quantitative estimate of drug-likeness (QED) is 0.573. The minimum Gasteiger partial charge on any atom is -0.463 e. The average Bonchev–Trinajstić information content (AvgIpc) is 2.38. The number of carbonyl (C=O) groups excluding carboxylic acids is 1. The summed E-state index contributed by atoms with van der Waals surface area (Å²) in [6, 6.07) is 0. The van der Waals surface area contributed by atoms with Crippen molar-refractivity contribution in [3.8, 4) is 0 Å². The van der Waals surface area contributed by atoms with E-state index < -0.39 is 0 Å². The van der Waals surface area contributed by atoms with Crippen molar-refractivity contribution in [2.45, 2.75) is 57.3 Å². The number of hydrogen-bond acceptors (Lipinski definition) is 4. The van der Waals surface area contributed by atoms with Crippen LogP contribution >= 0.6 is 0 Å². The number of carbonyl (C=O) groups is 1. The van der Waals surface area contributed by atoms with E-state index in [-0.39, 0.29) is 17.9 Å². The molecule has 2 rings (SSSR count). The standard InChI is InChI=1S/C14H22O4/c1-2-16-13(15)7-6-12-8-11-17-14(18-12)9-4-3-5-10-14/h6-7,12H,2-5,8-11H2,1H3/b7-6+/t12-/m0/s1. The first-order chi connectivity index (χ1) is 8.74. The first kappa shape index (κ1) is 13.6. The Morgan fingerprint density at radius 1 is 1.39 bits per heavy atom. The van der Waals surface area contributed by atoms with Crippen molar-refractivity contribution in [3.05, 3.63) is 12.2 Å². The summed E-state index contributed by atoms with van der Waals surface area (Å²) in [6.45, 7) is 2.91. The van der Waals surface area contributed by atoms with Crippen LogP contribution in [0.15, 0.2) is 12.2 Å². The van der Waals surface area contributed by atoms with Gasteiger partial charge in [-0.05, 0) is 25.8 Å². The van der Waals surface area contributed by atoms with Crippen LogP contribution in [0.3, 0.4) is 0 Å². The van der Waals surface area contributed by atoms with Crippen molar-refractivity contribution in [2.75, 3.05) is 13.2 Å². The Labute approximate surface area is 108 Å². The van der Waals surface area contributed by atoms with Gasteiger partial charge in [0.25, 0.3) is 0 Å². The Hall–Kier alpha value is -0.870. The van der Waals surface area contributed by atoms with Gasteiger partial charge in [0, 0.05) is 25.3 Å². The molecule has 1 spiro atoms. The van der Waals surface area contributed by atoms with Gasteiger partial charge in [0.15, 0.2) is 5.79 Å². The summed E-state index contributed by atoms with van der Waals surface area (Å²) in [4.78, 5) is 11.3. The molecule has 0 aromatic rings. The van der Waals surface area contributed by atoms with Gasteiger partial charge in [-0.25, -0.2) is 4.79 Å². The third kappa shape index (κ3) is 3.56. The van der Waals surface area contributed by atoms with Crippen LogP contribution in [0.4, 0.5) is 0 Å². The molecule has 0 N–H and O–H groups in total. The molecule has 0 amide bonds. The molecular weight excluding hydrogens is 232 g/mol. The summed E-state index contributed by atoms with van der Waals surface area (Å²) >= 11 is 0. The summed E-state index contributed by atoms with van der Waals surface area (Å²) in [7, 11) is 0. The molecule has 0 aromatic carbocycles. The van der Waals surface area contributed by atoms with E-state index in [4.69, 9.17) is 14.2 Å². The van der Waals surface area contributed by atoms with E-state index in [9.17, 15) is 4.79 Å². The van der Waals surface area contributed by atoms with Gasteiger partial charge in [0.2, 0.25) is 0 Å². The summed E-state index contributed by atoms with van der Waals surface area (Å²) in [5.41, 5.74) is 0. The van der Waals surface area contributed by atoms with Gasteiger partial charge in [-0.2, -0.15) is 0 Å². The lowest BCUT2D eigenvalue weighted by Gasteiger charge is -2.42. The minimum absolute atomic E-state index is 0.0266. The summed E-state index contributed by atoms with van der Waals surface area (Å²) in [6.07, 6.45) is 9.57. The Morgan fingerprint density at radius 3 is 2.89 bits per heavy atom. The summed E-state index contributed by atoms with van der Waals surface area (Å²) in [5.74, 6) is -0.689. The topological polar surface area (TPSA) is 44.8 Å². The van der Waals surface area contributed by atoms with Crippen LogP contribution in [-0.2, 0) is 19.0 Å². The Kier molecular flexibility index (Phi) is 4.78. The average molecular weight is 254 g/mol. The zero-order chi connectivity index (χ0) is 12.8. The number of esters is 1. The van der Waals surface area contributed by atoms with Crippen LogP contribution in [0, 0.1) is 0 Å². The van der Waals surface area contributed by atoms with Crippen molar-refractivity contribution >= 4 is 5.97 Å². The maximum atomic E-state index is 11.3. The molecule has 1 saturated heterocycles. The van der Waals surface area contributed by atoms with Gasteiger partial charge in [-0.1, -0.05) is 6.42 Å². The van der Waals surface area contributed by atoms with Crippen molar-refractivity contribution < 1.29 is 19.0 Å². The van der Waals surface area contributed by atoms with E-state index in [0.717, 1.165) is 32.1 Å². The van der Waals surface area contributed by atoms with Gasteiger partial charge < -0.3 is 14.2 Å². The molecule has 0 radical (unpaired) electrons. The third-order valence-electron chi connectivity index (χ3n) is 3.48. The normalized spacial score (nSPS) is 27.5. The Bertz CT molecular complexity index is 299. The van der Waals surface area contributed by atoms with Gasteiger partial charge in [-0.15, -0.1) is 0 Å². The first-order valence-corrected chi connectivity index (χ1v) is 6.91. The zero-order valence-corrected chi connectivity index (χ0v) is 11.0. The van der Waals surface area contributed by atoms with Gasteiger partial charge in [-0.3, -0.25) is 0 Å². The van der Waals surface area contributed by atoms with E-state index in [1.54, 1.807) is 13.0 Å². The SMILES string of the molecule is CCOC(=O)/C=C/[C@H]1CCOC2(CCCCC2)O1. The van der Waals surface area contributed by atoms with Crippen molar-refractivity contribution in [3.63, 3.8) is 0 Å². The maximum absolute atomic E-state index is 11.3. The van der Waals surface area contributed by atoms with Gasteiger partial charge in [0.05, 0.1) is 19.3 Å². The molecule has 102 valence electrons. The van der Waals surface area contributed by atoms with Crippen LogP contribution in [0.2, 0.25) is 0 Å². The highest BCUT2D eigenvalue weighted by molar-refractivity contribution is 5.81. The lowest BCUT2D eigenvalue weighted by molar-refractivity contribution is -0.296. The van der Waals surface area contributed by atoms with Gasteiger partial charge in [0.1, 0.15) is 0 Å². The number of rotatable bonds is 3. The summed E-state index contributed by atoms with van der Waals surface area (Å²) < 4.78 is 16.7. The predicted octanol–water partition coefficient (Wildman–Crippen LogP) is 2.57. The lowest BCUT2D eigenvalue weighted by atomic mass is 9.93. The van der Waals surface area contributed by atoms with Crippen molar-refractivity contribution in [1.82, 2.24) is 0 Å². The highest BCUT2D eigenvalue weighted by atomic mass is 16.7. The fraction of sp³-hybridized carbons (Fsp3) is 0.786. The first-order valence-electron chi connectivity index (χ1n) is 6.91. The van der Waals surface area contributed by atoms with E-state index in [1.807, 2.05) is 0 Å². The molecule has 4 nitrogen and oxygen atoms in total. The second-order valence-electron chi connectivity index (χ2n) is 4.88. The molecule has 0 aromatic heterocycles. The van der Waals surface area contributed by atoms with Gasteiger partial charge >= 0.3 is 5.97 Å². The van der Waals surface area contributed by atoms with E-state index >= 15 is 0 Å². The predicted molar refractivity (Wildman–Crippen MR) is 67.0 cm³/mol. The lowest BCUT2D eigenvalue weighted by Crippen LogP contribution is -2.45. The molecule has 4 heteroatoms. The molecule has 2 aliphatic rings. The second kappa shape index (κ2) is 6.34. The molecular formula is C14H22O4. The molecule has 1 heterocycles. The van der Waals surface area contributed by atoms with E-state index in [1.165, 1.54) is 12.5 Å². The Morgan fingerprint density at radius 2 is 2.17 bits per heavy atom. The molecule has 2 fully saturated rings. The molecule has 1 aliphatic carbocycles. The molecule has 1 saturated carbocycles. The molecule has 1 atom stereocenters.